The van der Waals surface area contributed by atoms with E-state index in [2.05, 4.69) is 10.0 Å². The molecule has 3 aromatic rings. The van der Waals surface area contributed by atoms with Gasteiger partial charge >= 0.3 is 0 Å². The normalized spacial score (nSPS) is 12.1. The van der Waals surface area contributed by atoms with Crippen molar-refractivity contribution < 1.29 is 17.9 Å². The second kappa shape index (κ2) is 9.41. The summed E-state index contributed by atoms with van der Waals surface area (Å²) in [5.74, 6) is 0.0226. The number of carbonyl (C=O) groups excluding carboxylic acids is 1. The lowest BCUT2D eigenvalue weighted by molar-refractivity contribution is -0.122. The first-order chi connectivity index (χ1) is 14.7. The van der Waals surface area contributed by atoms with Crippen LogP contribution in [-0.4, -0.2) is 20.4 Å². The van der Waals surface area contributed by atoms with Crippen molar-refractivity contribution in [2.45, 2.75) is 31.8 Å². The zero-order valence-corrected chi connectivity index (χ0v) is 18.9. The van der Waals surface area contributed by atoms with E-state index in [9.17, 15) is 13.2 Å². The van der Waals surface area contributed by atoms with Gasteiger partial charge in [0.2, 0.25) is 0 Å². The van der Waals surface area contributed by atoms with Crippen molar-refractivity contribution in [2.24, 2.45) is 0 Å². The molecule has 0 saturated carbocycles. The Balaban J connectivity index is 1.65. The van der Waals surface area contributed by atoms with Crippen molar-refractivity contribution in [1.82, 2.24) is 0 Å². The Morgan fingerprint density at radius 1 is 0.935 bits per heavy atom. The zero-order valence-electron chi connectivity index (χ0n) is 17.3. The third kappa shape index (κ3) is 5.77. The van der Waals surface area contributed by atoms with E-state index < -0.39 is 16.1 Å². The molecule has 0 aromatic heterocycles. The van der Waals surface area contributed by atoms with Gasteiger partial charge in [-0.1, -0.05) is 29.8 Å². The number of rotatable bonds is 7. The van der Waals surface area contributed by atoms with E-state index in [4.69, 9.17) is 16.3 Å². The number of hydrogen-bond acceptors (Lipinski definition) is 4. The number of halogens is 1. The molecule has 0 radical (unpaired) electrons. The highest BCUT2D eigenvalue weighted by molar-refractivity contribution is 7.92. The van der Waals surface area contributed by atoms with Crippen molar-refractivity contribution in [3.63, 3.8) is 0 Å². The lowest BCUT2D eigenvalue weighted by Gasteiger charge is -2.16. The van der Waals surface area contributed by atoms with E-state index in [1.165, 1.54) is 24.3 Å². The van der Waals surface area contributed by atoms with Gasteiger partial charge in [0.25, 0.3) is 15.9 Å². The summed E-state index contributed by atoms with van der Waals surface area (Å²) in [5, 5.41) is 3.11. The van der Waals surface area contributed by atoms with Crippen molar-refractivity contribution in [3.05, 3.63) is 82.9 Å². The van der Waals surface area contributed by atoms with Crippen LogP contribution in [0.4, 0.5) is 11.4 Å². The standard InChI is InChI=1S/C23H23ClN2O4S/c1-15-8-9-19(14-16(15)2)26-31(28,29)20-12-10-18(11-13-20)25-23(27)17(3)30-22-7-5-4-6-21(22)24/h4-14,17,26H,1-3H3,(H,25,27). The molecule has 0 spiro atoms. The molecule has 0 bridgehead atoms. The number of benzene rings is 3. The first kappa shape index (κ1) is 22.7. The summed E-state index contributed by atoms with van der Waals surface area (Å²) in [6.45, 7) is 5.48. The van der Waals surface area contributed by atoms with Crippen LogP contribution in [0.3, 0.4) is 0 Å². The summed E-state index contributed by atoms with van der Waals surface area (Å²) in [7, 11) is -3.75. The lowest BCUT2D eigenvalue weighted by Crippen LogP contribution is -2.30. The average molecular weight is 459 g/mol. The highest BCUT2D eigenvalue weighted by Gasteiger charge is 2.18. The van der Waals surface area contributed by atoms with Crippen molar-refractivity contribution >= 4 is 38.9 Å². The maximum Gasteiger partial charge on any atom is 0.265 e. The van der Waals surface area contributed by atoms with Crippen LogP contribution in [0, 0.1) is 13.8 Å². The molecule has 0 aliphatic rings. The van der Waals surface area contributed by atoms with Gasteiger partial charge in [-0.3, -0.25) is 9.52 Å². The summed E-state index contributed by atoms with van der Waals surface area (Å²) >= 11 is 6.05. The molecule has 0 saturated heterocycles. The van der Waals surface area contributed by atoms with Crippen LogP contribution in [0.2, 0.25) is 5.02 Å². The predicted molar refractivity (Wildman–Crippen MR) is 123 cm³/mol. The second-order valence-corrected chi connectivity index (χ2v) is 9.20. The molecule has 0 aliphatic heterocycles. The van der Waals surface area contributed by atoms with Gasteiger partial charge in [0, 0.05) is 11.4 Å². The molecule has 8 heteroatoms. The van der Waals surface area contributed by atoms with Crippen LogP contribution in [0.15, 0.2) is 71.6 Å². The van der Waals surface area contributed by atoms with Crippen LogP contribution in [-0.2, 0) is 14.8 Å². The van der Waals surface area contributed by atoms with Gasteiger partial charge in [-0.05, 0) is 80.4 Å². The Kier molecular flexibility index (Phi) is 6.87. The van der Waals surface area contributed by atoms with Crippen LogP contribution < -0.4 is 14.8 Å². The largest absolute Gasteiger partial charge is 0.479 e. The summed E-state index contributed by atoms with van der Waals surface area (Å²) in [5.41, 5.74) is 3.01. The number of para-hydroxylation sites is 1. The van der Waals surface area contributed by atoms with Crippen LogP contribution in [0.25, 0.3) is 0 Å². The minimum absolute atomic E-state index is 0.0871. The minimum atomic E-state index is -3.75. The topological polar surface area (TPSA) is 84.5 Å². The minimum Gasteiger partial charge on any atom is -0.479 e. The van der Waals surface area contributed by atoms with Crippen molar-refractivity contribution in [2.75, 3.05) is 10.0 Å². The van der Waals surface area contributed by atoms with Gasteiger partial charge in [0.05, 0.1) is 9.92 Å². The fraction of sp³-hybridized carbons (Fsp3) is 0.174. The van der Waals surface area contributed by atoms with Crippen molar-refractivity contribution in [1.29, 1.82) is 0 Å². The molecule has 1 unspecified atom stereocenters. The fourth-order valence-electron chi connectivity index (χ4n) is 2.76. The van der Waals surface area contributed by atoms with E-state index in [0.29, 0.717) is 22.1 Å². The number of anilines is 2. The Morgan fingerprint density at radius 3 is 2.23 bits per heavy atom. The molecular weight excluding hydrogens is 436 g/mol. The van der Waals surface area contributed by atoms with Crippen molar-refractivity contribution in [3.8, 4) is 5.75 Å². The van der Waals surface area contributed by atoms with E-state index in [0.717, 1.165) is 11.1 Å². The molecule has 2 N–H and O–H groups in total. The van der Waals surface area contributed by atoms with Gasteiger partial charge in [-0.2, -0.15) is 0 Å². The van der Waals surface area contributed by atoms with Crippen LogP contribution >= 0.6 is 11.6 Å². The highest BCUT2D eigenvalue weighted by atomic mass is 35.5. The monoisotopic (exact) mass is 458 g/mol. The molecule has 3 aromatic carbocycles. The smallest absolute Gasteiger partial charge is 0.265 e. The Labute approximate surface area is 187 Å². The van der Waals surface area contributed by atoms with Crippen LogP contribution in [0.1, 0.15) is 18.1 Å². The maximum absolute atomic E-state index is 12.6. The molecule has 3 rings (SSSR count). The number of hydrogen-bond donors (Lipinski definition) is 2. The third-order valence-electron chi connectivity index (χ3n) is 4.70. The third-order valence-corrected chi connectivity index (χ3v) is 6.41. The van der Waals surface area contributed by atoms with Gasteiger partial charge < -0.3 is 10.1 Å². The zero-order chi connectivity index (χ0) is 22.6. The van der Waals surface area contributed by atoms with E-state index in [1.807, 2.05) is 19.9 Å². The highest BCUT2D eigenvalue weighted by Crippen LogP contribution is 2.25. The molecule has 6 nitrogen and oxygen atoms in total. The number of ether oxygens (including phenoxy) is 1. The molecule has 162 valence electrons. The molecule has 0 heterocycles. The second-order valence-electron chi connectivity index (χ2n) is 7.11. The molecule has 31 heavy (non-hydrogen) atoms. The Hall–Kier alpha value is -3.03. The fourth-order valence-corrected chi connectivity index (χ4v) is 3.99. The predicted octanol–water partition coefficient (Wildman–Crippen LogP) is 5.16. The summed E-state index contributed by atoms with van der Waals surface area (Å²) in [6.07, 6.45) is -0.797. The summed E-state index contributed by atoms with van der Waals surface area (Å²) in [4.78, 5) is 12.5. The number of sulfonamides is 1. The number of nitrogens with one attached hydrogen (secondary N) is 2. The molecule has 1 atom stereocenters. The SMILES string of the molecule is Cc1ccc(NS(=O)(=O)c2ccc(NC(=O)C(C)Oc3ccccc3Cl)cc2)cc1C. The number of aryl methyl sites for hydroxylation is 2. The number of carbonyl (C=O) groups is 1. The molecular formula is C23H23ClN2O4S. The molecule has 1 amide bonds. The van der Waals surface area contributed by atoms with Gasteiger partial charge in [-0.25, -0.2) is 8.42 Å². The Bertz CT molecular complexity index is 1190. The average Bonchev–Trinajstić information content (AvgIpc) is 2.72. The van der Waals surface area contributed by atoms with Gasteiger partial charge in [0.15, 0.2) is 6.10 Å². The maximum atomic E-state index is 12.6. The first-order valence-corrected chi connectivity index (χ1v) is 11.4. The van der Waals surface area contributed by atoms with Gasteiger partial charge in [0.1, 0.15) is 5.75 Å². The molecule has 0 aliphatic carbocycles. The van der Waals surface area contributed by atoms with Crippen LogP contribution in [0.5, 0.6) is 5.75 Å². The van der Waals surface area contributed by atoms with E-state index in [1.54, 1.807) is 43.3 Å². The van der Waals surface area contributed by atoms with E-state index in [-0.39, 0.29) is 10.8 Å². The summed E-state index contributed by atoms with van der Waals surface area (Å²) < 4.78 is 33.4. The first-order valence-electron chi connectivity index (χ1n) is 9.58. The Morgan fingerprint density at radius 2 is 1.58 bits per heavy atom. The van der Waals surface area contributed by atoms with E-state index >= 15 is 0 Å². The number of amides is 1. The summed E-state index contributed by atoms with van der Waals surface area (Å²) in [6, 6.07) is 18.1. The molecule has 0 fully saturated rings. The quantitative estimate of drug-likeness (QED) is 0.512. The lowest BCUT2D eigenvalue weighted by atomic mass is 10.1. The van der Waals surface area contributed by atoms with Gasteiger partial charge in [-0.15, -0.1) is 0 Å².